The van der Waals surface area contributed by atoms with Gasteiger partial charge >= 0.3 is 0 Å². The summed E-state index contributed by atoms with van der Waals surface area (Å²) in [6, 6.07) is 102. The van der Waals surface area contributed by atoms with Crippen LogP contribution >= 0.6 is 0 Å². The molecule has 14 aromatic rings. The van der Waals surface area contributed by atoms with Gasteiger partial charge in [-0.15, -0.1) is 0 Å². The fraction of sp³-hybridized carbons (Fsp3) is 0. The Kier molecular flexibility index (Phi) is 12.2. The molecule has 4 aromatic heterocycles. The molecule has 4 nitrogen and oxygen atoms in total. The predicted octanol–water partition coefficient (Wildman–Crippen LogP) is 20.1. The van der Waals surface area contributed by atoms with Crippen molar-refractivity contribution in [2.45, 2.75) is 0 Å². The van der Waals surface area contributed by atoms with Crippen LogP contribution in [0.15, 0.2) is 302 Å². The van der Waals surface area contributed by atoms with Crippen molar-refractivity contribution in [3.05, 3.63) is 298 Å². The van der Waals surface area contributed by atoms with E-state index in [9.17, 15) is 0 Å². The van der Waals surface area contributed by atoms with E-state index in [0.29, 0.717) is 0 Å². The second kappa shape index (κ2) is 20.5. The van der Waals surface area contributed by atoms with E-state index in [0.717, 1.165) is 134 Å². The smallest absolute Gasteiger partial charge is 0.153 e. The van der Waals surface area contributed by atoms with Crippen LogP contribution in [0.25, 0.3) is 145 Å². The highest BCUT2D eigenvalue weighted by Crippen LogP contribution is 2.45. The maximum absolute atomic E-state index is 6.22. The zero-order chi connectivity index (χ0) is 52.5. The van der Waals surface area contributed by atoms with Gasteiger partial charge in [0.15, 0.2) is 5.58 Å². The summed E-state index contributed by atoms with van der Waals surface area (Å²) in [7, 11) is 0. The third-order valence-electron chi connectivity index (χ3n) is 15.1. The first-order valence-corrected chi connectivity index (χ1v) is 26.7. The standard InChI is InChI=1S/C75H49N3O/c1-2-16-50(17-3-1)51-28-30-54(31-29-51)69-49-57(72-42-43-74-75(78-72)68-24-10-11-27-73(68)79-74)40-41-67(69)66-23-9-8-22-65(66)60-47-58(63-20-6-4-18-61(63)52-32-36-55(37-33-52)70-25-12-14-44-76-70)46-59(48-60)64-21-7-5-19-62(64)53-34-38-56(39-35-53)71-26-13-15-45-77-71/h1-49H. The number of para-hydroxylation sites is 1. The summed E-state index contributed by atoms with van der Waals surface area (Å²) in [6.07, 6.45) is 3.69. The maximum atomic E-state index is 6.22. The van der Waals surface area contributed by atoms with Crippen molar-refractivity contribution >= 4 is 22.1 Å². The number of pyridine rings is 3. The van der Waals surface area contributed by atoms with Gasteiger partial charge in [-0.1, -0.05) is 212 Å². The second-order valence-electron chi connectivity index (χ2n) is 19.9. The molecule has 0 bridgehead atoms. The number of rotatable bonds is 11. The summed E-state index contributed by atoms with van der Waals surface area (Å²) in [6.45, 7) is 0. The molecule has 79 heavy (non-hydrogen) atoms. The third-order valence-corrected chi connectivity index (χ3v) is 15.1. The minimum absolute atomic E-state index is 0.774. The van der Waals surface area contributed by atoms with Gasteiger partial charge in [-0.25, -0.2) is 4.98 Å². The monoisotopic (exact) mass is 1010 g/mol. The van der Waals surface area contributed by atoms with Gasteiger partial charge in [-0.2, -0.15) is 0 Å². The molecule has 0 radical (unpaired) electrons. The topological polar surface area (TPSA) is 51.8 Å². The van der Waals surface area contributed by atoms with Crippen LogP contribution in [0.1, 0.15) is 0 Å². The summed E-state index contributed by atoms with van der Waals surface area (Å²) in [4.78, 5) is 14.5. The highest BCUT2D eigenvalue weighted by Gasteiger charge is 2.20. The van der Waals surface area contributed by atoms with Crippen LogP contribution in [0.2, 0.25) is 0 Å². The van der Waals surface area contributed by atoms with Crippen LogP contribution < -0.4 is 0 Å². The summed E-state index contributed by atoms with van der Waals surface area (Å²) < 4.78 is 6.22. The molecule has 0 unspecified atom stereocenters. The van der Waals surface area contributed by atoms with Crippen LogP contribution in [-0.4, -0.2) is 15.0 Å². The maximum Gasteiger partial charge on any atom is 0.153 e. The van der Waals surface area contributed by atoms with Crippen molar-refractivity contribution in [2.24, 2.45) is 0 Å². The molecule has 14 rings (SSSR count). The molecular formula is C75H49N3O. The molecule has 4 heteroatoms. The van der Waals surface area contributed by atoms with Gasteiger partial charge in [0, 0.05) is 34.5 Å². The first kappa shape index (κ1) is 46.9. The third kappa shape index (κ3) is 9.18. The molecule has 4 heterocycles. The summed E-state index contributed by atoms with van der Waals surface area (Å²) >= 11 is 0. The molecule has 0 amide bonds. The number of aromatic nitrogens is 3. The first-order chi connectivity index (χ1) is 39.1. The number of fused-ring (bicyclic) bond motifs is 3. The number of furan rings is 1. The van der Waals surface area contributed by atoms with Crippen molar-refractivity contribution in [3.63, 3.8) is 0 Å². The Morgan fingerprint density at radius 1 is 0.215 bits per heavy atom. The molecule has 0 aliphatic heterocycles. The van der Waals surface area contributed by atoms with Gasteiger partial charge < -0.3 is 4.42 Å². The molecule has 10 aromatic carbocycles. The van der Waals surface area contributed by atoms with Crippen LogP contribution in [0.3, 0.4) is 0 Å². The van der Waals surface area contributed by atoms with E-state index < -0.39 is 0 Å². The lowest BCUT2D eigenvalue weighted by Crippen LogP contribution is -1.94. The molecule has 0 atom stereocenters. The van der Waals surface area contributed by atoms with Crippen LogP contribution in [0, 0.1) is 0 Å². The Morgan fingerprint density at radius 3 is 1.16 bits per heavy atom. The van der Waals surface area contributed by atoms with E-state index in [1.165, 1.54) is 11.1 Å². The summed E-state index contributed by atoms with van der Waals surface area (Å²) in [5.41, 5.74) is 26.6. The van der Waals surface area contributed by atoms with Gasteiger partial charge in [-0.3, -0.25) is 9.97 Å². The van der Waals surface area contributed by atoms with Crippen LogP contribution in [0.4, 0.5) is 0 Å². The average Bonchev–Trinajstić information content (AvgIpc) is 4.00. The highest BCUT2D eigenvalue weighted by molar-refractivity contribution is 6.03. The van der Waals surface area contributed by atoms with Crippen molar-refractivity contribution in [2.75, 3.05) is 0 Å². The largest absolute Gasteiger partial charge is 0.454 e. The van der Waals surface area contributed by atoms with Gasteiger partial charge in [0.05, 0.1) is 17.1 Å². The van der Waals surface area contributed by atoms with E-state index in [1.807, 2.05) is 60.9 Å². The molecule has 370 valence electrons. The fourth-order valence-corrected chi connectivity index (χ4v) is 11.1. The molecule has 0 saturated heterocycles. The van der Waals surface area contributed by atoms with Gasteiger partial charge in [0.25, 0.3) is 0 Å². The lowest BCUT2D eigenvalue weighted by atomic mass is 9.84. The molecule has 0 aliphatic rings. The highest BCUT2D eigenvalue weighted by atomic mass is 16.3. The molecule has 0 fully saturated rings. The SMILES string of the molecule is c1ccc(-c2ccc(-c3cc(-c4ccc5oc6ccccc6c5n4)ccc3-c3ccccc3-c3cc(-c4ccccc4-c4ccc(-c5ccccn5)cc4)cc(-c4ccccc4-c4ccc(-c5ccccn5)cc4)c3)cc2)cc1. The van der Waals surface area contributed by atoms with Crippen molar-refractivity contribution < 1.29 is 4.42 Å². The average molecular weight is 1010 g/mol. The zero-order valence-corrected chi connectivity index (χ0v) is 43.0. The minimum Gasteiger partial charge on any atom is -0.454 e. The van der Waals surface area contributed by atoms with E-state index in [1.54, 1.807) is 0 Å². The van der Waals surface area contributed by atoms with Gasteiger partial charge in [0.2, 0.25) is 0 Å². The van der Waals surface area contributed by atoms with Crippen molar-refractivity contribution in [1.82, 2.24) is 15.0 Å². The minimum atomic E-state index is 0.774. The lowest BCUT2D eigenvalue weighted by molar-refractivity contribution is 0.668. The Labute approximate surface area is 459 Å². The van der Waals surface area contributed by atoms with E-state index in [4.69, 9.17) is 9.40 Å². The molecular weight excluding hydrogens is 959 g/mol. The molecule has 0 spiro atoms. The Bertz CT molecular complexity index is 4350. The summed E-state index contributed by atoms with van der Waals surface area (Å²) in [5, 5.41) is 1.01. The van der Waals surface area contributed by atoms with Crippen molar-refractivity contribution in [3.8, 4) is 123 Å². The molecule has 0 N–H and O–H groups in total. The van der Waals surface area contributed by atoms with E-state index in [-0.39, 0.29) is 0 Å². The van der Waals surface area contributed by atoms with Crippen molar-refractivity contribution in [1.29, 1.82) is 0 Å². The second-order valence-corrected chi connectivity index (χ2v) is 19.9. The zero-order valence-electron chi connectivity index (χ0n) is 43.0. The Morgan fingerprint density at radius 2 is 0.620 bits per heavy atom. The Hall–Kier alpha value is -10.6. The number of nitrogens with zero attached hydrogens (tertiary/aromatic N) is 3. The predicted molar refractivity (Wildman–Crippen MR) is 327 cm³/mol. The van der Waals surface area contributed by atoms with E-state index >= 15 is 0 Å². The van der Waals surface area contributed by atoms with Gasteiger partial charge in [-0.05, 0) is 162 Å². The van der Waals surface area contributed by atoms with Gasteiger partial charge in [0.1, 0.15) is 11.1 Å². The molecule has 0 saturated carbocycles. The normalized spacial score (nSPS) is 11.3. The fourth-order valence-electron chi connectivity index (χ4n) is 11.1. The number of benzene rings is 10. The van der Waals surface area contributed by atoms with E-state index in [2.05, 4.69) is 247 Å². The van der Waals surface area contributed by atoms with Crippen LogP contribution in [-0.2, 0) is 0 Å². The summed E-state index contributed by atoms with van der Waals surface area (Å²) in [5.74, 6) is 0. The first-order valence-electron chi connectivity index (χ1n) is 26.7. The van der Waals surface area contributed by atoms with Crippen LogP contribution in [0.5, 0.6) is 0 Å². The Balaban J connectivity index is 0.945. The molecule has 0 aliphatic carbocycles. The number of hydrogen-bond donors (Lipinski definition) is 0. The lowest BCUT2D eigenvalue weighted by Gasteiger charge is -2.19. The number of hydrogen-bond acceptors (Lipinski definition) is 4. The quantitative estimate of drug-likeness (QED) is 0.130.